The fourth-order valence-corrected chi connectivity index (χ4v) is 2.31. The number of nitrogens with zero attached hydrogens (tertiary/aromatic N) is 1. The second-order valence-electron chi connectivity index (χ2n) is 4.16. The van der Waals surface area contributed by atoms with Crippen LogP contribution in [-0.2, 0) is 16.0 Å². The van der Waals surface area contributed by atoms with Crippen LogP contribution in [0.1, 0.15) is 10.4 Å². The van der Waals surface area contributed by atoms with Crippen molar-refractivity contribution in [2.24, 2.45) is 0 Å². The van der Waals surface area contributed by atoms with E-state index in [1.807, 2.05) is 0 Å². The molecule has 1 heterocycles. The molecule has 2 aromatic rings. The Hall–Kier alpha value is -1.73. The zero-order valence-electron chi connectivity index (χ0n) is 10.9. The Labute approximate surface area is 123 Å². The van der Waals surface area contributed by atoms with Crippen molar-refractivity contribution in [1.29, 1.82) is 0 Å². The van der Waals surface area contributed by atoms with E-state index in [0.717, 1.165) is 0 Å². The van der Waals surface area contributed by atoms with Crippen molar-refractivity contribution in [2.75, 3.05) is 13.7 Å². The molecule has 2 rings (SSSR count). The summed E-state index contributed by atoms with van der Waals surface area (Å²) in [6.45, 7) is -0.685. The molecule has 21 heavy (non-hydrogen) atoms. The maximum absolute atomic E-state index is 12.0. The molecule has 0 aliphatic carbocycles. The lowest BCUT2D eigenvalue weighted by atomic mass is 10.2. The van der Waals surface area contributed by atoms with Crippen LogP contribution in [0.2, 0.25) is 5.02 Å². The minimum Gasteiger partial charge on any atom is -0.465 e. The number of hydrogen-bond acceptors (Lipinski definition) is 3. The maximum Gasteiger partial charge on any atom is 0.522 e. The molecule has 0 N–H and O–H groups in total. The van der Waals surface area contributed by atoms with E-state index in [2.05, 4.69) is 9.47 Å². The summed E-state index contributed by atoms with van der Waals surface area (Å²) in [6.07, 6.45) is -3.29. The Balaban J connectivity index is 2.37. The van der Waals surface area contributed by atoms with Gasteiger partial charge < -0.3 is 9.30 Å². The fraction of sp³-hybridized carbons (Fsp3) is 0.308. The molecule has 0 aliphatic rings. The SMILES string of the molecule is COC(=O)c1cn(CCOC(F)(F)F)c2c(Cl)cccc12. The van der Waals surface area contributed by atoms with Gasteiger partial charge in [-0.3, -0.25) is 4.74 Å². The van der Waals surface area contributed by atoms with E-state index >= 15 is 0 Å². The lowest BCUT2D eigenvalue weighted by Crippen LogP contribution is -2.17. The summed E-state index contributed by atoms with van der Waals surface area (Å²) < 4.78 is 45.9. The van der Waals surface area contributed by atoms with E-state index in [1.54, 1.807) is 18.2 Å². The van der Waals surface area contributed by atoms with Crippen LogP contribution in [-0.4, -0.2) is 30.6 Å². The van der Waals surface area contributed by atoms with Crippen LogP contribution < -0.4 is 0 Å². The third-order valence-electron chi connectivity index (χ3n) is 2.85. The molecular weight excluding hydrogens is 311 g/mol. The average Bonchev–Trinajstić information content (AvgIpc) is 2.77. The number of carbonyl (C=O) groups is 1. The van der Waals surface area contributed by atoms with E-state index in [1.165, 1.54) is 17.9 Å². The lowest BCUT2D eigenvalue weighted by Gasteiger charge is -2.09. The Morgan fingerprint density at radius 3 is 2.71 bits per heavy atom. The number of benzene rings is 1. The highest BCUT2D eigenvalue weighted by molar-refractivity contribution is 6.35. The summed E-state index contributed by atoms with van der Waals surface area (Å²) in [5.74, 6) is -0.585. The van der Waals surface area contributed by atoms with Gasteiger partial charge >= 0.3 is 12.3 Å². The Morgan fingerprint density at radius 1 is 1.38 bits per heavy atom. The number of ether oxygens (including phenoxy) is 2. The molecule has 1 aromatic heterocycles. The number of fused-ring (bicyclic) bond motifs is 1. The van der Waals surface area contributed by atoms with Gasteiger partial charge in [0.15, 0.2) is 0 Å². The van der Waals surface area contributed by atoms with Crippen molar-refractivity contribution in [3.63, 3.8) is 0 Å². The lowest BCUT2D eigenvalue weighted by molar-refractivity contribution is -0.325. The molecule has 0 atom stereocenters. The van der Waals surface area contributed by atoms with E-state index in [4.69, 9.17) is 11.6 Å². The summed E-state index contributed by atoms with van der Waals surface area (Å²) in [6, 6.07) is 4.88. The summed E-state index contributed by atoms with van der Waals surface area (Å²) in [4.78, 5) is 11.7. The van der Waals surface area contributed by atoms with Gasteiger partial charge in [-0.05, 0) is 6.07 Å². The van der Waals surface area contributed by atoms with Gasteiger partial charge in [-0.15, -0.1) is 13.2 Å². The highest BCUT2D eigenvalue weighted by Gasteiger charge is 2.29. The van der Waals surface area contributed by atoms with Gasteiger partial charge in [-0.2, -0.15) is 0 Å². The van der Waals surface area contributed by atoms with Gasteiger partial charge in [-0.25, -0.2) is 4.79 Å². The molecule has 0 aliphatic heterocycles. The van der Waals surface area contributed by atoms with Crippen LogP contribution in [0.3, 0.4) is 0 Å². The number of methoxy groups -OCH3 is 1. The molecule has 0 amide bonds. The van der Waals surface area contributed by atoms with Gasteiger partial charge in [0.05, 0.1) is 29.8 Å². The molecule has 0 bridgehead atoms. The van der Waals surface area contributed by atoms with Crippen LogP contribution in [0.15, 0.2) is 24.4 Å². The van der Waals surface area contributed by atoms with Crippen molar-refractivity contribution >= 4 is 28.5 Å². The number of aromatic nitrogens is 1. The first-order chi connectivity index (χ1) is 9.83. The first-order valence-corrected chi connectivity index (χ1v) is 6.27. The summed E-state index contributed by atoms with van der Waals surface area (Å²) in [5.41, 5.74) is 0.701. The highest BCUT2D eigenvalue weighted by Crippen LogP contribution is 2.28. The number of esters is 1. The summed E-state index contributed by atoms with van der Waals surface area (Å²) in [5, 5.41) is 0.844. The van der Waals surface area contributed by atoms with E-state index in [-0.39, 0.29) is 12.1 Å². The minimum absolute atomic E-state index is 0.100. The van der Waals surface area contributed by atoms with Crippen LogP contribution in [0, 0.1) is 0 Å². The molecule has 1 aromatic carbocycles. The van der Waals surface area contributed by atoms with Crippen LogP contribution in [0.5, 0.6) is 0 Å². The minimum atomic E-state index is -4.70. The molecule has 0 saturated carbocycles. The number of para-hydroxylation sites is 1. The average molecular weight is 322 g/mol. The predicted molar refractivity (Wildman–Crippen MR) is 70.3 cm³/mol. The summed E-state index contributed by atoms with van der Waals surface area (Å²) in [7, 11) is 1.23. The fourth-order valence-electron chi connectivity index (χ4n) is 2.02. The molecule has 4 nitrogen and oxygen atoms in total. The van der Waals surface area contributed by atoms with Gasteiger partial charge in [0.1, 0.15) is 0 Å². The summed E-state index contributed by atoms with van der Waals surface area (Å²) >= 11 is 6.06. The monoisotopic (exact) mass is 321 g/mol. The number of hydrogen-bond donors (Lipinski definition) is 0. The van der Waals surface area contributed by atoms with Gasteiger partial charge in [0.2, 0.25) is 0 Å². The Bertz CT molecular complexity index is 666. The van der Waals surface area contributed by atoms with Crippen LogP contribution >= 0.6 is 11.6 Å². The first-order valence-electron chi connectivity index (χ1n) is 5.90. The molecule has 0 spiro atoms. The van der Waals surface area contributed by atoms with Gasteiger partial charge in [0, 0.05) is 18.1 Å². The van der Waals surface area contributed by atoms with Crippen molar-refractivity contribution in [3.05, 3.63) is 35.0 Å². The third-order valence-corrected chi connectivity index (χ3v) is 3.16. The number of rotatable bonds is 4. The van der Waals surface area contributed by atoms with Gasteiger partial charge in [0.25, 0.3) is 0 Å². The normalized spacial score (nSPS) is 11.9. The molecule has 114 valence electrons. The smallest absolute Gasteiger partial charge is 0.465 e. The molecule has 0 radical (unpaired) electrons. The molecule has 0 fully saturated rings. The van der Waals surface area contributed by atoms with E-state index in [9.17, 15) is 18.0 Å². The topological polar surface area (TPSA) is 40.5 Å². The predicted octanol–water partition coefficient (Wildman–Crippen LogP) is 3.62. The number of halogens is 4. The second kappa shape index (κ2) is 5.95. The van der Waals surface area contributed by atoms with Crippen LogP contribution in [0.25, 0.3) is 10.9 Å². The standard InChI is InChI=1S/C13H11ClF3NO3/c1-20-12(19)9-7-18(5-6-21-13(15,16)17)11-8(9)3-2-4-10(11)14/h2-4,7H,5-6H2,1H3. The third kappa shape index (κ3) is 3.48. The molecular formula is C13H11ClF3NO3. The largest absolute Gasteiger partial charge is 0.522 e. The molecule has 8 heteroatoms. The van der Waals surface area contributed by atoms with E-state index in [0.29, 0.717) is 15.9 Å². The molecule has 0 saturated heterocycles. The maximum atomic E-state index is 12.0. The number of carbonyl (C=O) groups excluding carboxylic acids is 1. The van der Waals surface area contributed by atoms with Crippen LogP contribution in [0.4, 0.5) is 13.2 Å². The van der Waals surface area contributed by atoms with Gasteiger partial charge in [-0.1, -0.05) is 23.7 Å². The molecule has 0 unspecified atom stereocenters. The Morgan fingerprint density at radius 2 is 2.10 bits per heavy atom. The van der Waals surface area contributed by atoms with Crippen molar-refractivity contribution in [3.8, 4) is 0 Å². The van der Waals surface area contributed by atoms with Crippen molar-refractivity contribution in [1.82, 2.24) is 4.57 Å². The second-order valence-corrected chi connectivity index (χ2v) is 4.57. The zero-order chi connectivity index (χ0) is 15.6. The first kappa shape index (κ1) is 15.7. The number of alkyl halides is 3. The van der Waals surface area contributed by atoms with Crippen molar-refractivity contribution in [2.45, 2.75) is 12.9 Å². The quantitative estimate of drug-likeness (QED) is 0.808. The Kier molecular flexibility index (Phi) is 4.43. The highest BCUT2D eigenvalue weighted by atomic mass is 35.5. The van der Waals surface area contributed by atoms with E-state index < -0.39 is 18.9 Å². The zero-order valence-corrected chi connectivity index (χ0v) is 11.7. The van der Waals surface area contributed by atoms with Crippen molar-refractivity contribution < 1.29 is 27.4 Å².